The van der Waals surface area contributed by atoms with E-state index >= 15 is 0 Å². The summed E-state index contributed by atoms with van der Waals surface area (Å²) in [6, 6.07) is 13.4. The van der Waals surface area contributed by atoms with E-state index in [1.54, 1.807) is 11.8 Å². The van der Waals surface area contributed by atoms with E-state index in [0.29, 0.717) is 17.3 Å². The molecule has 2 aromatic heterocycles. The number of methoxy groups -OCH3 is 1. The quantitative estimate of drug-likeness (QED) is 0.594. The number of nitrogens with zero attached hydrogens (tertiary/aromatic N) is 5. The third kappa shape index (κ3) is 3.12. The van der Waals surface area contributed by atoms with E-state index < -0.39 is 0 Å². The van der Waals surface area contributed by atoms with Crippen LogP contribution in [0.3, 0.4) is 0 Å². The summed E-state index contributed by atoms with van der Waals surface area (Å²) in [6.45, 7) is 4.04. The van der Waals surface area contributed by atoms with Crippen LogP contribution >= 0.6 is 0 Å². The van der Waals surface area contributed by atoms with Gasteiger partial charge in [0.15, 0.2) is 11.5 Å². The number of aryl methyl sites for hydroxylation is 2. The lowest BCUT2D eigenvalue weighted by Crippen LogP contribution is -2.03. The summed E-state index contributed by atoms with van der Waals surface area (Å²) in [5.74, 6) is 1.75. The summed E-state index contributed by atoms with van der Waals surface area (Å²) in [5.41, 5.74) is 10.4. The van der Waals surface area contributed by atoms with Crippen LogP contribution in [0.15, 0.2) is 47.0 Å². The SMILES string of the molecule is COc1ccc(-c2noc(-c3nnn(-c4cc(C)cc(C)c4)c3N)n2)cc1. The fourth-order valence-corrected chi connectivity index (χ4v) is 2.88. The number of aromatic nitrogens is 5. The third-order valence-electron chi connectivity index (χ3n) is 4.13. The van der Waals surface area contributed by atoms with Crippen molar-refractivity contribution in [3.63, 3.8) is 0 Å². The second-order valence-corrected chi connectivity index (χ2v) is 6.23. The highest BCUT2D eigenvalue weighted by molar-refractivity contribution is 5.66. The minimum absolute atomic E-state index is 0.217. The zero-order chi connectivity index (χ0) is 19.0. The molecule has 4 rings (SSSR count). The number of hydrogen-bond acceptors (Lipinski definition) is 7. The Morgan fingerprint density at radius 1 is 1.04 bits per heavy atom. The molecule has 0 aliphatic carbocycles. The second kappa shape index (κ2) is 6.56. The lowest BCUT2D eigenvalue weighted by molar-refractivity contribution is 0.414. The maximum Gasteiger partial charge on any atom is 0.282 e. The van der Waals surface area contributed by atoms with Crippen molar-refractivity contribution >= 4 is 5.82 Å². The zero-order valence-corrected chi connectivity index (χ0v) is 15.2. The molecule has 8 heteroatoms. The Hall–Kier alpha value is -3.68. The highest BCUT2D eigenvalue weighted by Gasteiger charge is 2.20. The molecule has 2 N–H and O–H groups in total. The molecule has 2 aromatic carbocycles. The Kier molecular flexibility index (Phi) is 4.08. The molecular weight excluding hydrogens is 344 g/mol. The van der Waals surface area contributed by atoms with Crippen LogP contribution in [-0.2, 0) is 0 Å². The predicted molar refractivity (Wildman–Crippen MR) is 101 cm³/mol. The number of anilines is 1. The van der Waals surface area contributed by atoms with Gasteiger partial charge in [0.1, 0.15) is 5.75 Å². The highest BCUT2D eigenvalue weighted by Crippen LogP contribution is 2.27. The van der Waals surface area contributed by atoms with Gasteiger partial charge in [0.2, 0.25) is 5.82 Å². The first-order valence-corrected chi connectivity index (χ1v) is 8.33. The van der Waals surface area contributed by atoms with Crippen LogP contribution in [0.2, 0.25) is 0 Å². The normalized spacial score (nSPS) is 10.9. The van der Waals surface area contributed by atoms with E-state index in [4.69, 9.17) is 15.0 Å². The first-order chi connectivity index (χ1) is 13.0. The predicted octanol–water partition coefficient (Wildman–Crippen LogP) is 3.19. The number of nitrogen functional groups attached to an aromatic ring is 1. The van der Waals surface area contributed by atoms with Crippen LogP contribution in [-0.4, -0.2) is 32.2 Å². The van der Waals surface area contributed by atoms with E-state index in [0.717, 1.165) is 28.1 Å². The first-order valence-electron chi connectivity index (χ1n) is 8.33. The zero-order valence-electron chi connectivity index (χ0n) is 15.2. The van der Waals surface area contributed by atoms with E-state index in [9.17, 15) is 0 Å². The van der Waals surface area contributed by atoms with E-state index in [1.807, 2.05) is 50.2 Å². The van der Waals surface area contributed by atoms with Crippen LogP contribution in [0.1, 0.15) is 11.1 Å². The molecule has 0 aliphatic heterocycles. The van der Waals surface area contributed by atoms with Crippen LogP contribution in [0, 0.1) is 13.8 Å². The van der Waals surface area contributed by atoms with Gasteiger partial charge >= 0.3 is 0 Å². The van der Waals surface area contributed by atoms with Gasteiger partial charge in [-0.25, -0.2) is 0 Å². The van der Waals surface area contributed by atoms with Crippen molar-refractivity contribution in [3.05, 3.63) is 53.6 Å². The van der Waals surface area contributed by atoms with E-state index in [2.05, 4.69) is 26.5 Å². The molecule has 0 amide bonds. The number of ether oxygens (including phenoxy) is 1. The molecule has 8 nitrogen and oxygen atoms in total. The van der Waals surface area contributed by atoms with Crippen LogP contribution in [0.25, 0.3) is 28.7 Å². The molecule has 4 aromatic rings. The third-order valence-corrected chi connectivity index (χ3v) is 4.13. The van der Waals surface area contributed by atoms with Gasteiger partial charge < -0.3 is 15.0 Å². The monoisotopic (exact) mass is 362 g/mol. The Morgan fingerprint density at radius 2 is 1.74 bits per heavy atom. The molecule has 2 heterocycles. The van der Waals surface area contributed by atoms with Gasteiger partial charge in [0.05, 0.1) is 12.8 Å². The van der Waals surface area contributed by atoms with Crippen LogP contribution < -0.4 is 10.5 Å². The minimum Gasteiger partial charge on any atom is -0.497 e. The first kappa shape index (κ1) is 16.8. The van der Waals surface area contributed by atoms with Gasteiger partial charge in [-0.1, -0.05) is 16.4 Å². The standard InChI is InChI=1S/C19H18N6O2/c1-11-8-12(2)10-14(9-11)25-17(20)16(22-24-25)19-21-18(23-27-19)13-4-6-15(26-3)7-5-13/h4-10H,20H2,1-3H3. The van der Waals surface area contributed by atoms with Crippen LogP contribution in [0.5, 0.6) is 5.75 Å². The number of benzene rings is 2. The van der Waals surface area contributed by atoms with Gasteiger partial charge in [-0.15, -0.1) is 5.10 Å². The van der Waals surface area contributed by atoms with Crippen molar-refractivity contribution in [3.8, 4) is 34.4 Å². The molecule has 0 saturated heterocycles. The molecule has 0 spiro atoms. The molecule has 27 heavy (non-hydrogen) atoms. The van der Waals surface area contributed by atoms with Gasteiger partial charge in [0, 0.05) is 5.56 Å². The van der Waals surface area contributed by atoms with Crippen molar-refractivity contribution in [1.29, 1.82) is 0 Å². The summed E-state index contributed by atoms with van der Waals surface area (Å²) in [6.07, 6.45) is 0. The fourth-order valence-electron chi connectivity index (χ4n) is 2.88. The Balaban J connectivity index is 1.69. The maximum atomic E-state index is 6.25. The van der Waals surface area contributed by atoms with Crippen molar-refractivity contribution in [2.45, 2.75) is 13.8 Å². The topological polar surface area (TPSA) is 105 Å². The van der Waals surface area contributed by atoms with E-state index in [-0.39, 0.29) is 5.89 Å². The van der Waals surface area contributed by atoms with Crippen LogP contribution in [0.4, 0.5) is 5.82 Å². The summed E-state index contributed by atoms with van der Waals surface area (Å²) < 4.78 is 12.1. The molecule has 0 unspecified atom stereocenters. The number of nitrogens with two attached hydrogens (primary N) is 1. The molecular formula is C19H18N6O2. The molecule has 0 fully saturated rings. The Bertz CT molecular complexity index is 1080. The molecule has 0 atom stereocenters. The lowest BCUT2D eigenvalue weighted by atomic mass is 10.1. The summed E-state index contributed by atoms with van der Waals surface area (Å²) in [7, 11) is 1.61. The lowest BCUT2D eigenvalue weighted by Gasteiger charge is -2.05. The van der Waals surface area contributed by atoms with E-state index in [1.165, 1.54) is 0 Å². The Morgan fingerprint density at radius 3 is 2.41 bits per heavy atom. The molecule has 0 aliphatic rings. The van der Waals surface area contributed by atoms with Crippen molar-refractivity contribution in [1.82, 2.24) is 25.1 Å². The highest BCUT2D eigenvalue weighted by atomic mass is 16.5. The molecule has 136 valence electrons. The summed E-state index contributed by atoms with van der Waals surface area (Å²) in [5, 5.41) is 12.3. The molecule has 0 bridgehead atoms. The average molecular weight is 362 g/mol. The van der Waals surface area contributed by atoms with Gasteiger partial charge in [0.25, 0.3) is 5.89 Å². The van der Waals surface area contributed by atoms with Crippen molar-refractivity contribution in [2.75, 3.05) is 12.8 Å². The molecule has 0 saturated carbocycles. The van der Waals surface area contributed by atoms with Gasteiger partial charge in [-0.3, -0.25) is 0 Å². The minimum atomic E-state index is 0.217. The molecule has 0 radical (unpaired) electrons. The Labute approximate surface area is 155 Å². The summed E-state index contributed by atoms with van der Waals surface area (Å²) in [4.78, 5) is 4.39. The van der Waals surface area contributed by atoms with Gasteiger partial charge in [-0.05, 0) is 61.4 Å². The number of rotatable bonds is 4. The second-order valence-electron chi connectivity index (χ2n) is 6.23. The largest absolute Gasteiger partial charge is 0.497 e. The smallest absolute Gasteiger partial charge is 0.282 e. The van der Waals surface area contributed by atoms with Crippen molar-refractivity contribution in [2.24, 2.45) is 0 Å². The maximum absolute atomic E-state index is 6.25. The van der Waals surface area contributed by atoms with Gasteiger partial charge in [-0.2, -0.15) is 9.67 Å². The number of hydrogen-bond donors (Lipinski definition) is 1. The van der Waals surface area contributed by atoms with Crippen molar-refractivity contribution < 1.29 is 9.26 Å². The average Bonchev–Trinajstić information content (AvgIpc) is 3.27. The fraction of sp³-hybridized carbons (Fsp3) is 0.158. The summed E-state index contributed by atoms with van der Waals surface area (Å²) >= 11 is 0.